The summed E-state index contributed by atoms with van der Waals surface area (Å²) in [6, 6.07) is 8.18. The van der Waals surface area contributed by atoms with Crippen molar-refractivity contribution in [1.82, 2.24) is 0 Å². The lowest BCUT2D eigenvalue weighted by Crippen LogP contribution is -2.21. The van der Waals surface area contributed by atoms with E-state index in [9.17, 15) is 4.79 Å². The number of Topliss-reactive ketones (excluding diaryl/α,β-unsaturated/α-hetero) is 1. The van der Waals surface area contributed by atoms with Gasteiger partial charge in [-0.3, -0.25) is 4.79 Å². The van der Waals surface area contributed by atoms with Gasteiger partial charge in [-0.15, -0.1) is 0 Å². The van der Waals surface area contributed by atoms with Crippen molar-refractivity contribution in [2.24, 2.45) is 11.8 Å². The number of aryl methyl sites for hydroxylation is 1. The number of hydrogen-bond donors (Lipinski definition) is 0. The van der Waals surface area contributed by atoms with Gasteiger partial charge in [-0.25, -0.2) is 0 Å². The van der Waals surface area contributed by atoms with Gasteiger partial charge < -0.3 is 0 Å². The second-order valence-corrected chi connectivity index (χ2v) is 5.54. The van der Waals surface area contributed by atoms with E-state index in [0.29, 0.717) is 5.78 Å². The molecule has 0 saturated heterocycles. The van der Waals surface area contributed by atoms with E-state index in [0.717, 1.165) is 30.7 Å². The first-order valence-electron chi connectivity index (χ1n) is 7.37. The summed E-state index contributed by atoms with van der Waals surface area (Å²) in [6.45, 7) is 4.40. The third-order valence-corrected chi connectivity index (χ3v) is 4.41. The van der Waals surface area contributed by atoms with Crippen LogP contribution in [0.1, 0.15) is 61.9 Å². The fraction of sp³-hybridized carbons (Fsp3) is 0.588. The fourth-order valence-corrected chi connectivity index (χ4v) is 3.01. The molecule has 98 valence electrons. The van der Waals surface area contributed by atoms with Crippen LogP contribution in [0.5, 0.6) is 0 Å². The van der Waals surface area contributed by atoms with Crippen molar-refractivity contribution in [3.05, 3.63) is 35.4 Å². The van der Waals surface area contributed by atoms with Gasteiger partial charge in [0, 0.05) is 11.5 Å². The molecule has 0 spiro atoms. The highest BCUT2D eigenvalue weighted by Gasteiger charge is 2.26. The zero-order valence-electron chi connectivity index (χ0n) is 11.6. The smallest absolute Gasteiger partial charge is 0.165 e. The van der Waals surface area contributed by atoms with Crippen LogP contribution in [0, 0.1) is 11.8 Å². The van der Waals surface area contributed by atoms with Crippen LogP contribution < -0.4 is 0 Å². The summed E-state index contributed by atoms with van der Waals surface area (Å²) >= 11 is 0. The van der Waals surface area contributed by atoms with Gasteiger partial charge in [0.15, 0.2) is 5.78 Å². The molecule has 18 heavy (non-hydrogen) atoms. The minimum Gasteiger partial charge on any atom is -0.294 e. The van der Waals surface area contributed by atoms with E-state index < -0.39 is 0 Å². The molecular formula is C17H24O. The summed E-state index contributed by atoms with van der Waals surface area (Å²) in [5.41, 5.74) is 2.19. The molecule has 1 heteroatoms. The zero-order valence-corrected chi connectivity index (χ0v) is 11.6. The Labute approximate surface area is 111 Å². The highest BCUT2D eigenvalue weighted by atomic mass is 16.1. The predicted molar refractivity (Wildman–Crippen MR) is 75.9 cm³/mol. The Morgan fingerprint density at radius 2 is 1.89 bits per heavy atom. The molecule has 1 aliphatic carbocycles. The maximum Gasteiger partial charge on any atom is 0.165 e. The number of carbonyl (C=O) groups excluding carboxylic acids is 1. The van der Waals surface area contributed by atoms with Crippen LogP contribution in [-0.2, 0) is 6.42 Å². The van der Waals surface area contributed by atoms with Crippen molar-refractivity contribution in [2.75, 3.05) is 0 Å². The summed E-state index contributed by atoms with van der Waals surface area (Å²) in [4.78, 5) is 12.5. The van der Waals surface area contributed by atoms with Gasteiger partial charge >= 0.3 is 0 Å². The largest absolute Gasteiger partial charge is 0.294 e. The lowest BCUT2D eigenvalue weighted by Gasteiger charge is -2.26. The molecule has 2 rings (SSSR count). The van der Waals surface area contributed by atoms with Crippen molar-refractivity contribution < 1.29 is 4.79 Å². The molecule has 0 aromatic heterocycles. The molecule has 0 amide bonds. The minimum absolute atomic E-state index is 0.278. The third-order valence-electron chi connectivity index (χ3n) is 4.41. The first-order chi connectivity index (χ1) is 8.74. The topological polar surface area (TPSA) is 17.1 Å². The van der Waals surface area contributed by atoms with Gasteiger partial charge in [0.1, 0.15) is 0 Å². The summed E-state index contributed by atoms with van der Waals surface area (Å²) in [5.74, 6) is 1.51. The Morgan fingerprint density at radius 3 is 2.50 bits per heavy atom. The lowest BCUT2D eigenvalue weighted by atomic mass is 9.77. The summed E-state index contributed by atoms with van der Waals surface area (Å²) in [7, 11) is 0. The molecule has 1 aromatic carbocycles. The molecule has 1 fully saturated rings. The standard InChI is InChI=1S/C17H24O/c1-3-13-8-10-15(11-9-13)17(18)16-7-5-6-14(4-2)12-16/h5-7,12-13,15H,3-4,8-11H2,1-2H3. The molecule has 0 bridgehead atoms. The van der Waals surface area contributed by atoms with Crippen LogP contribution in [0.3, 0.4) is 0 Å². The molecular weight excluding hydrogens is 220 g/mol. The second-order valence-electron chi connectivity index (χ2n) is 5.54. The lowest BCUT2D eigenvalue weighted by molar-refractivity contribution is 0.0871. The molecule has 0 atom stereocenters. The molecule has 1 aromatic rings. The van der Waals surface area contributed by atoms with Crippen LogP contribution in [0.15, 0.2) is 24.3 Å². The SMILES string of the molecule is CCc1cccc(C(=O)C2CCC(CC)CC2)c1. The van der Waals surface area contributed by atoms with Gasteiger partial charge in [0.05, 0.1) is 0 Å². The summed E-state index contributed by atoms with van der Waals surface area (Å²) < 4.78 is 0. The molecule has 1 nitrogen and oxygen atoms in total. The quantitative estimate of drug-likeness (QED) is 0.705. The van der Waals surface area contributed by atoms with Crippen LogP contribution in [-0.4, -0.2) is 5.78 Å². The van der Waals surface area contributed by atoms with Crippen molar-refractivity contribution in [2.45, 2.75) is 52.4 Å². The van der Waals surface area contributed by atoms with Crippen molar-refractivity contribution in [3.8, 4) is 0 Å². The third kappa shape index (κ3) is 3.01. The first-order valence-corrected chi connectivity index (χ1v) is 7.37. The number of rotatable bonds is 4. The monoisotopic (exact) mass is 244 g/mol. The predicted octanol–water partition coefficient (Wildman–Crippen LogP) is 4.65. The number of ketones is 1. The van der Waals surface area contributed by atoms with Crippen LogP contribution in [0.4, 0.5) is 0 Å². The Bertz CT molecular complexity index is 400. The Hall–Kier alpha value is -1.11. The van der Waals surface area contributed by atoms with E-state index in [1.807, 2.05) is 12.1 Å². The van der Waals surface area contributed by atoms with Crippen LogP contribution in [0.2, 0.25) is 0 Å². The van der Waals surface area contributed by atoms with E-state index in [1.165, 1.54) is 24.8 Å². The second kappa shape index (κ2) is 6.17. The molecule has 0 heterocycles. The van der Waals surface area contributed by atoms with Gasteiger partial charge in [-0.1, -0.05) is 38.5 Å². The number of carbonyl (C=O) groups is 1. The van der Waals surface area contributed by atoms with Gasteiger partial charge in [-0.2, -0.15) is 0 Å². The van der Waals surface area contributed by atoms with Crippen molar-refractivity contribution in [1.29, 1.82) is 0 Å². The number of benzene rings is 1. The fourth-order valence-electron chi connectivity index (χ4n) is 3.01. The molecule has 0 aliphatic heterocycles. The molecule has 1 aliphatic rings. The van der Waals surface area contributed by atoms with Gasteiger partial charge in [0.2, 0.25) is 0 Å². The average molecular weight is 244 g/mol. The highest BCUT2D eigenvalue weighted by molar-refractivity contribution is 5.98. The van der Waals surface area contributed by atoms with E-state index >= 15 is 0 Å². The molecule has 0 N–H and O–H groups in total. The van der Waals surface area contributed by atoms with E-state index in [2.05, 4.69) is 26.0 Å². The van der Waals surface area contributed by atoms with Gasteiger partial charge in [-0.05, 0) is 49.7 Å². The van der Waals surface area contributed by atoms with Crippen LogP contribution in [0.25, 0.3) is 0 Å². The summed E-state index contributed by atoms with van der Waals surface area (Å²) in [6.07, 6.45) is 6.93. The maximum absolute atomic E-state index is 12.5. The van der Waals surface area contributed by atoms with Crippen molar-refractivity contribution >= 4 is 5.78 Å². The van der Waals surface area contributed by atoms with E-state index in [4.69, 9.17) is 0 Å². The normalized spacial score (nSPS) is 23.9. The Kier molecular flexibility index (Phi) is 4.57. The Morgan fingerprint density at radius 1 is 1.17 bits per heavy atom. The number of hydrogen-bond acceptors (Lipinski definition) is 1. The highest BCUT2D eigenvalue weighted by Crippen LogP contribution is 2.32. The molecule has 0 radical (unpaired) electrons. The minimum atomic E-state index is 0.278. The summed E-state index contributed by atoms with van der Waals surface area (Å²) in [5, 5.41) is 0. The molecule has 1 saturated carbocycles. The zero-order chi connectivity index (χ0) is 13.0. The Balaban J connectivity index is 2.03. The maximum atomic E-state index is 12.5. The van der Waals surface area contributed by atoms with E-state index in [1.54, 1.807) is 0 Å². The molecule has 0 unspecified atom stereocenters. The van der Waals surface area contributed by atoms with Crippen molar-refractivity contribution in [3.63, 3.8) is 0 Å². The van der Waals surface area contributed by atoms with Gasteiger partial charge in [0.25, 0.3) is 0 Å². The van der Waals surface area contributed by atoms with E-state index in [-0.39, 0.29) is 5.92 Å². The average Bonchev–Trinajstić information content (AvgIpc) is 2.46. The van der Waals surface area contributed by atoms with Crippen LogP contribution >= 0.6 is 0 Å². The first kappa shape index (κ1) is 13.3.